The van der Waals surface area contributed by atoms with E-state index in [1.54, 1.807) is 5.06 Å². The van der Waals surface area contributed by atoms with Crippen molar-refractivity contribution in [1.82, 2.24) is 5.06 Å². The van der Waals surface area contributed by atoms with E-state index in [2.05, 4.69) is 85.5 Å². The Hall–Kier alpha value is -1.47. The van der Waals surface area contributed by atoms with E-state index < -0.39 is 0 Å². The molecule has 0 saturated carbocycles. The molecule has 148 valence electrons. The summed E-state index contributed by atoms with van der Waals surface area (Å²) in [7, 11) is 2.80. The van der Waals surface area contributed by atoms with Gasteiger partial charge in [-0.25, -0.2) is 0 Å². The summed E-state index contributed by atoms with van der Waals surface area (Å²) in [6.45, 7) is 8.60. The number of rotatable bonds is 3. The van der Waals surface area contributed by atoms with Gasteiger partial charge in [0.2, 0.25) is 0 Å². The second-order valence-electron chi connectivity index (χ2n) is 9.83. The Morgan fingerprint density at radius 2 is 1.32 bits per heavy atom. The van der Waals surface area contributed by atoms with Crippen molar-refractivity contribution in [3.63, 3.8) is 0 Å². The average Bonchev–Trinajstić information content (AvgIpc) is 2.63. The molecule has 28 heavy (non-hydrogen) atoms. The van der Waals surface area contributed by atoms with Crippen molar-refractivity contribution in [2.24, 2.45) is 5.92 Å². The van der Waals surface area contributed by atoms with Gasteiger partial charge in [-0.05, 0) is 104 Å². The normalized spacial score (nSPS) is 20.1. The number of benzene rings is 3. The fourth-order valence-electron chi connectivity index (χ4n) is 5.31. The van der Waals surface area contributed by atoms with Crippen molar-refractivity contribution in [1.29, 1.82) is 0 Å². The molecule has 1 fully saturated rings. The number of hydrogen-bond acceptors (Lipinski definition) is 2. The van der Waals surface area contributed by atoms with Crippen LogP contribution < -0.4 is 0 Å². The molecule has 3 aromatic rings. The molecule has 0 amide bonds. The minimum Gasteiger partial charge on any atom is -0.313 e. The van der Waals surface area contributed by atoms with Crippen LogP contribution in [0.4, 0.5) is 0 Å². The minimum absolute atomic E-state index is 0.186. The highest BCUT2D eigenvalue weighted by Crippen LogP contribution is 2.41. The summed E-state index contributed by atoms with van der Waals surface area (Å²) >= 11 is 0. The molecule has 4 rings (SSSR count). The molecule has 0 aromatic heterocycles. The number of hydrogen-bond donors (Lipinski definition) is 1. The predicted octanol–water partition coefficient (Wildman–Crippen LogP) is 6.57. The van der Waals surface area contributed by atoms with Crippen molar-refractivity contribution < 1.29 is 5.21 Å². The van der Waals surface area contributed by atoms with Gasteiger partial charge in [-0.15, -0.1) is 9.24 Å². The Balaban J connectivity index is 1.63. The molecule has 3 heteroatoms. The maximum atomic E-state index is 10.6. The first-order chi connectivity index (χ1) is 13.2. The van der Waals surface area contributed by atoms with E-state index in [0.29, 0.717) is 5.92 Å². The summed E-state index contributed by atoms with van der Waals surface area (Å²) < 4.78 is 0. The van der Waals surface area contributed by atoms with Gasteiger partial charge in [0.1, 0.15) is 0 Å². The topological polar surface area (TPSA) is 23.5 Å². The fraction of sp³-hybridized carbons (Fsp3) is 0.440. The van der Waals surface area contributed by atoms with Gasteiger partial charge in [-0.1, -0.05) is 36.4 Å². The van der Waals surface area contributed by atoms with Crippen molar-refractivity contribution >= 4 is 30.8 Å². The van der Waals surface area contributed by atoms with Crippen LogP contribution in [0.15, 0.2) is 48.5 Å². The molecule has 1 heterocycles. The molecule has 1 N–H and O–H groups in total. The van der Waals surface area contributed by atoms with Crippen LogP contribution in [0.1, 0.15) is 51.7 Å². The number of piperidine rings is 1. The molecule has 2 nitrogen and oxygen atoms in total. The first-order valence-electron chi connectivity index (χ1n) is 10.3. The summed E-state index contributed by atoms with van der Waals surface area (Å²) in [5, 5.41) is 17.4. The van der Waals surface area contributed by atoms with Gasteiger partial charge in [0.15, 0.2) is 0 Å². The van der Waals surface area contributed by atoms with Gasteiger partial charge >= 0.3 is 0 Å². The lowest BCUT2D eigenvalue weighted by Gasteiger charge is -2.51. The quantitative estimate of drug-likeness (QED) is 0.402. The molecular weight excluding hydrogens is 361 g/mol. The third-order valence-corrected chi connectivity index (χ3v) is 6.88. The molecule has 0 aliphatic carbocycles. The van der Waals surface area contributed by atoms with Crippen molar-refractivity contribution in [2.75, 3.05) is 0 Å². The Morgan fingerprint density at radius 3 is 1.86 bits per heavy atom. The molecule has 1 unspecified atom stereocenters. The fourth-order valence-corrected chi connectivity index (χ4v) is 5.56. The molecule has 1 atom stereocenters. The molecule has 1 aliphatic rings. The minimum atomic E-state index is -0.186. The van der Waals surface area contributed by atoms with E-state index in [1.165, 1.54) is 32.7 Å². The van der Waals surface area contributed by atoms with Gasteiger partial charge in [0, 0.05) is 11.1 Å². The highest BCUT2D eigenvalue weighted by atomic mass is 31.0. The number of fused-ring (bicyclic) bond motifs is 2. The lowest BCUT2D eigenvalue weighted by atomic mass is 9.73. The van der Waals surface area contributed by atoms with Crippen LogP contribution in [0, 0.1) is 5.92 Å². The number of hydroxylamine groups is 2. The van der Waals surface area contributed by atoms with E-state index in [4.69, 9.17) is 0 Å². The predicted molar refractivity (Wildman–Crippen MR) is 123 cm³/mol. The maximum Gasteiger partial charge on any atom is 0.0413 e. The summed E-state index contributed by atoms with van der Waals surface area (Å²) in [5.41, 5.74) is 2.38. The molecule has 1 aliphatic heterocycles. The standard InChI is InChI=1S/C25H32NOP/c1-24(2)14-19(15-25(3,4)26(24)27)9-17-5-7-20-13-23-11-18(16-28)6-8-21(23)12-22(20)10-17/h5-8,10-13,19,27H,9,14-16,28H2,1-4H3. The second-order valence-corrected chi connectivity index (χ2v) is 10.2. The van der Waals surface area contributed by atoms with Crippen LogP contribution in [-0.4, -0.2) is 21.3 Å². The van der Waals surface area contributed by atoms with Gasteiger partial charge in [0.25, 0.3) is 0 Å². The lowest BCUT2D eigenvalue weighted by Crippen LogP contribution is -2.59. The zero-order valence-corrected chi connectivity index (χ0v) is 18.7. The van der Waals surface area contributed by atoms with E-state index in [1.807, 2.05) is 0 Å². The van der Waals surface area contributed by atoms with E-state index in [0.717, 1.165) is 25.4 Å². The Bertz CT molecular complexity index is 1010. The summed E-state index contributed by atoms with van der Waals surface area (Å²) in [4.78, 5) is 0. The molecule has 0 spiro atoms. The monoisotopic (exact) mass is 393 g/mol. The molecular formula is C25H32NOP. The summed E-state index contributed by atoms with van der Waals surface area (Å²) in [6.07, 6.45) is 4.09. The van der Waals surface area contributed by atoms with Crippen molar-refractivity contribution in [3.8, 4) is 0 Å². The highest BCUT2D eigenvalue weighted by Gasteiger charge is 2.44. The average molecular weight is 394 g/mol. The lowest BCUT2D eigenvalue weighted by molar-refractivity contribution is -0.250. The zero-order chi connectivity index (χ0) is 20.1. The van der Waals surface area contributed by atoms with Gasteiger partial charge in [-0.3, -0.25) is 0 Å². The first-order valence-corrected chi connectivity index (χ1v) is 11.1. The van der Waals surface area contributed by atoms with Gasteiger partial charge in [0.05, 0.1) is 0 Å². The maximum absolute atomic E-state index is 10.6. The van der Waals surface area contributed by atoms with Crippen molar-refractivity contribution in [3.05, 3.63) is 59.7 Å². The van der Waals surface area contributed by atoms with Crippen LogP contribution in [0.25, 0.3) is 21.5 Å². The van der Waals surface area contributed by atoms with E-state index in [9.17, 15) is 5.21 Å². The van der Waals surface area contributed by atoms with Gasteiger partial charge < -0.3 is 5.21 Å². The van der Waals surface area contributed by atoms with E-state index in [-0.39, 0.29) is 11.1 Å². The van der Waals surface area contributed by atoms with Crippen molar-refractivity contribution in [2.45, 2.75) is 64.2 Å². The summed E-state index contributed by atoms with van der Waals surface area (Å²) in [6, 6.07) is 18.3. The molecule has 3 aromatic carbocycles. The van der Waals surface area contributed by atoms with Crippen LogP contribution in [-0.2, 0) is 12.6 Å². The third-order valence-electron chi connectivity index (χ3n) is 6.41. The molecule has 1 saturated heterocycles. The second kappa shape index (κ2) is 7.10. The number of nitrogens with zero attached hydrogens (tertiary/aromatic N) is 1. The zero-order valence-electron chi connectivity index (χ0n) is 17.5. The largest absolute Gasteiger partial charge is 0.313 e. The Labute approximate surface area is 171 Å². The summed E-state index contributed by atoms with van der Waals surface area (Å²) in [5.74, 6) is 0.580. The van der Waals surface area contributed by atoms with Crippen LogP contribution in [0.5, 0.6) is 0 Å². The van der Waals surface area contributed by atoms with Gasteiger partial charge in [-0.2, -0.15) is 5.06 Å². The highest BCUT2D eigenvalue weighted by molar-refractivity contribution is 7.15. The van der Waals surface area contributed by atoms with E-state index >= 15 is 0 Å². The Morgan fingerprint density at radius 1 is 0.821 bits per heavy atom. The van der Waals surface area contributed by atoms with Crippen LogP contribution >= 0.6 is 9.24 Å². The Kier molecular flexibility index (Phi) is 5.02. The molecule has 0 radical (unpaired) electrons. The smallest absolute Gasteiger partial charge is 0.0413 e. The van der Waals surface area contributed by atoms with Crippen LogP contribution in [0.3, 0.4) is 0 Å². The SMILES string of the molecule is CC1(C)CC(Cc2ccc3cc4cc(CP)ccc4cc3c2)CC(C)(C)N1O. The third kappa shape index (κ3) is 3.71. The first kappa shape index (κ1) is 19.8. The molecule has 0 bridgehead atoms. The van der Waals surface area contributed by atoms with Crippen LogP contribution in [0.2, 0.25) is 0 Å².